The molecule has 118 valence electrons. The van der Waals surface area contributed by atoms with Crippen molar-refractivity contribution in [1.29, 1.82) is 5.26 Å². The van der Waals surface area contributed by atoms with Crippen LogP contribution in [0.15, 0.2) is 48.8 Å². The van der Waals surface area contributed by atoms with E-state index in [1.165, 1.54) is 10.9 Å². The zero-order valence-corrected chi connectivity index (χ0v) is 12.9. The molecular formula is C17H14N6O. The Hall–Kier alpha value is -3.66. The molecule has 2 aromatic heterocycles. The third-order valence-electron chi connectivity index (χ3n) is 3.54. The van der Waals surface area contributed by atoms with Gasteiger partial charge >= 0.3 is 0 Å². The average molecular weight is 318 g/mol. The molecule has 1 amide bonds. The normalized spacial score (nSPS) is 10.2. The summed E-state index contributed by atoms with van der Waals surface area (Å²) >= 11 is 0. The lowest BCUT2D eigenvalue weighted by Gasteiger charge is -2.08. The van der Waals surface area contributed by atoms with Crippen LogP contribution in [0.1, 0.15) is 21.5 Å². The Balaban J connectivity index is 1.82. The maximum absolute atomic E-state index is 12.3. The molecule has 24 heavy (non-hydrogen) atoms. The third-order valence-corrected chi connectivity index (χ3v) is 3.54. The molecule has 1 aromatic carbocycles. The van der Waals surface area contributed by atoms with Crippen LogP contribution in [-0.4, -0.2) is 20.7 Å². The van der Waals surface area contributed by atoms with Crippen molar-refractivity contribution in [1.82, 2.24) is 14.8 Å². The molecule has 3 aromatic rings. The van der Waals surface area contributed by atoms with E-state index in [0.29, 0.717) is 22.6 Å². The monoisotopic (exact) mass is 318 g/mol. The molecule has 0 unspecified atom stereocenters. The molecule has 0 aliphatic carbocycles. The Morgan fingerprint density at radius 2 is 2.04 bits per heavy atom. The molecule has 0 radical (unpaired) electrons. The zero-order chi connectivity index (χ0) is 17.1. The number of nitrogens with one attached hydrogen (secondary N) is 1. The predicted octanol–water partition coefficient (Wildman–Crippen LogP) is 2.28. The largest absolute Gasteiger partial charge is 0.382 e. The first-order valence-electron chi connectivity index (χ1n) is 7.17. The van der Waals surface area contributed by atoms with E-state index in [0.717, 1.165) is 5.56 Å². The standard InChI is InChI=1S/C17H14N6O/c1-11-3-2-8-20-16(11)22-17(24)12-4-6-14(7-5-12)23-15(19)13(9-18)10-21-23/h2-8,10H,19H2,1H3,(H,20,22,24). The second kappa shape index (κ2) is 6.22. The Morgan fingerprint density at radius 3 is 2.67 bits per heavy atom. The number of nitrogens with zero attached hydrogens (tertiary/aromatic N) is 4. The van der Waals surface area contributed by atoms with Crippen LogP contribution < -0.4 is 11.1 Å². The van der Waals surface area contributed by atoms with Gasteiger partial charge in [-0.05, 0) is 42.8 Å². The highest BCUT2D eigenvalue weighted by atomic mass is 16.1. The van der Waals surface area contributed by atoms with Crippen molar-refractivity contribution in [3.63, 3.8) is 0 Å². The van der Waals surface area contributed by atoms with Crippen LogP contribution in [-0.2, 0) is 0 Å². The minimum atomic E-state index is -0.255. The number of carbonyl (C=O) groups excluding carboxylic acids is 1. The highest BCUT2D eigenvalue weighted by molar-refractivity contribution is 6.04. The maximum Gasteiger partial charge on any atom is 0.256 e. The van der Waals surface area contributed by atoms with Crippen LogP contribution in [0.4, 0.5) is 11.6 Å². The smallest absolute Gasteiger partial charge is 0.256 e. The van der Waals surface area contributed by atoms with Crippen LogP contribution in [0.3, 0.4) is 0 Å². The topological polar surface area (TPSA) is 110 Å². The summed E-state index contributed by atoms with van der Waals surface area (Å²) in [6.45, 7) is 1.87. The maximum atomic E-state index is 12.3. The molecule has 7 heteroatoms. The first-order valence-corrected chi connectivity index (χ1v) is 7.17. The quantitative estimate of drug-likeness (QED) is 0.770. The summed E-state index contributed by atoms with van der Waals surface area (Å²) in [6.07, 6.45) is 3.03. The molecule has 0 saturated carbocycles. The fourth-order valence-electron chi connectivity index (χ4n) is 2.20. The number of aromatic nitrogens is 3. The highest BCUT2D eigenvalue weighted by Gasteiger charge is 2.11. The number of pyridine rings is 1. The highest BCUT2D eigenvalue weighted by Crippen LogP contribution is 2.17. The molecule has 0 aliphatic rings. The Kier molecular flexibility index (Phi) is 3.95. The van der Waals surface area contributed by atoms with E-state index >= 15 is 0 Å². The van der Waals surface area contributed by atoms with E-state index < -0.39 is 0 Å². The summed E-state index contributed by atoms with van der Waals surface area (Å²) in [6, 6.07) is 12.4. The Labute approximate surface area is 138 Å². The zero-order valence-electron chi connectivity index (χ0n) is 12.9. The van der Waals surface area contributed by atoms with Crippen LogP contribution in [0, 0.1) is 18.3 Å². The fourth-order valence-corrected chi connectivity index (χ4v) is 2.20. The molecule has 0 atom stereocenters. The van der Waals surface area contributed by atoms with Crippen molar-refractivity contribution in [2.45, 2.75) is 6.92 Å². The van der Waals surface area contributed by atoms with Gasteiger partial charge in [-0.15, -0.1) is 0 Å². The molecule has 0 saturated heterocycles. The summed E-state index contributed by atoms with van der Waals surface area (Å²) in [7, 11) is 0. The van der Waals surface area contributed by atoms with Gasteiger partial charge in [-0.25, -0.2) is 9.67 Å². The molecule has 0 bridgehead atoms. The first-order chi connectivity index (χ1) is 11.6. The van der Waals surface area contributed by atoms with Crippen molar-refractivity contribution >= 4 is 17.5 Å². The summed E-state index contributed by atoms with van der Waals surface area (Å²) in [5, 5.41) is 15.8. The van der Waals surface area contributed by atoms with Gasteiger partial charge in [-0.3, -0.25) is 4.79 Å². The summed E-state index contributed by atoms with van der Waals surface area (Å²) in [5.41, 5.74) is 8.19. The Morgan fingerprint density at radius 1 is 1.29 bits per heavy atom. The van der Waals surface area contributed by atoms with Gasteiger partial charge in [0.05, 0.1) is 11.9 Å². The second-order valence-electron chi connectivity index (χ2n) is 5.14. The number of nitrogen functional groups attached to an aromatic ring is 1. The fraction of sp³-hybridized carbons (Fsp3) is 0.0588. The SMILES string of the molecule is Cc1cccnc1NC(=O)c1ccc(-n2ncc(C#N)c2N)cc1. The number of benzene rings is 1. The number of nitrogens with two attached hydrogens (primary N) is 1. The van der Waals surface area contributed by atoms with Gasteiger partial charge in [0.15, 0.2) is 0 Å². The average Bonchev–Trinajstić information content (AvgIpc) is 2.97. The van der Waals surface area contributed by atoms with Crippen LogP contribution in [0.5, 0.6) is 0 Å². The molecule has 0 fully saturated rings. The number of hydrogen-bond acceptors (Lipinski definition) is 5. The number of anilines is 2. The summed E-state index contributed by atoms with van der Waals surface area (Å²) < 4.78 is 1.45. The number of amides is 1. The van der Waals surface area contributed by atoms with E-state index in [4.69, 9.17) is 11.0 Å². The number of nitriles is 1. The molecule has 7 nitrogen and oxygen atoms in total. The van der Waals surface area contributed by atoms with Crippen molar-refractivity contribution < 1.29 is 4.79 Å². The number of rotatable bonds is 3. The van der Waals surface area contributed by atoms with E-state index in [-0.39, 0.29) is 11.7 Å². The van der Waals surface area contributed by atoms with Crippen molar-refractivity contribution in [2.75, 3.05) is 11.1 Å². The van der Waals surface area contributed by atoms with Gasteiger partial charge in [0, 0.05) is 11.8 Å². The van der Waals surface area contributed by atoms with Crippen LogP contribution in [0.2, 0.25) is 0 Å². The third kappa shape index (κ3) is 2.80. The summed E-state index contributed by atoms with van der Waals surface area (Å²) in [4.78, 5) is 16.4. The molecule has 3 rings (SSSR count). The van der Waals surface area contributed by atoms with Crippen LogP contribution >= 0.6 is 0 Å². The van der Waals surface area contributed by atoms with Crippen molar-refractivity contribution in [3.05, 3.63) is 65.5 Å². The van der Waals surface area contributed by atoms with E-state index in [1.807, 2.05) is 25.1 Å². The van der Waals surface area contributed by atoms with Gasteiger partial charge in [0.25, 0.3) is 5.91 Å². The van der Waals surface area contributed by atoms with Gasteiger partial charge < -0.3 is 11.1 Å². The predicted molar refractivity (Wildman–Crippen MR) is 89.6 cm³/mol. The minimum Gasteiger partial charge on any atom is -0.382 e. The lowest BCUT2D eigenvalue weighted by atomic mass is 10.2. The molecule has 0 aliphatic heterocycles. The molecule has 3 N–H and O–H groups in total. The van der Waals surface area contributed by atoms with Gasteiger partial charge in [-0.1, -0.05) is 6.07 Å². The lowest BCUT2D eigenvalue weighted by molar-refractivity contribution is 0.102. The van der Waals surface area contributed by atoms with Crippen LogP contribution in [0.25, 0.3) is 5.69 Å². The number of hydrogen-bond donors (Lipinski definition) is 2. The summed E-state index contributed by atoms with van der Waals surface area (Å²) in [5.74, 6) is 0.537. The van der Waals surface area contributed by atoms with Crippen molar-refractivity contribution in [3.8, 4) is 11.8 Å². The molecule has 0 spiro atoms. The first kappa shape index (κ1) is 15.2. The van der Waals surface area contributed by atoms with Gasteiger partial charge in [0.1, 0.15) is 23.3 Å². The number of carbonyl (C=O) groups is 1. The van der Waals surface area contributed by atoms with E-state index in [2.05, 4.69) is 15.4 Å². The van der Waals surface area contributed by atoms with Gasteiger partial charge in [-0.2, -0.15) is 10.4 Å². The minimum absolute atomic E-state index is 0.255. The van der Waals surface area contributed by atoms with Crippen molar-refractivity contribution in [2.24, 2.45) is 0 Å². The Bertz CT molecular complexity index is 936. The molecular weight excluding hydrogens is 304 g/mol. The second-order valence-corrected chi connectivity index (χ2v) is 5.14. The van der Waals surface area contributed by atoms with E-state index in [9.17, 15) is 4.79 Å². The number of aryl methyl sites for hydroxylation is 1. The van der Waals surface area contributed by atoms with E-state index in [1.54, 1.807) is 30.5 Å². The lowest BCUT2D eigenvalue weighted by Crippen LogP contribution is -2.14. The molecule has 2 heterocycles. The van der Waals surface area contributed by atoms with Gasteiger partial charge in [0.2, 0.25) is 0 Å².